The number of anilines is 2. The summed E-state index contributed by atoms with van der Waals surface area (Å²) in [6.07, 6.45) is 0. The van der Waals surface area contributed by atoms with Crippen molar-refractivity contribution in [3.05, 3.63) is 35.7 Å². The number of aryl methyl sites for hydroxylation is 1. The van der Waals surface area contributed by atoms with Gasteiger partial charge >= 0.3 is 6.01 Å². The molecule has 2 aromatic rings. The van der Waals surface area contributed by atoms with Crippen LogP contribution in [0.3, 0.4) is 0 Å². The lowest BCUT2D eigenvalue weighted by atomic mass is 10.2. The Kier molecular flexibility index (Phi) is 3.57. The van der Waals surface area contributed by atoms with Crippen molar-refractivity contribution in [2.24, 2.45) is 0 Å². The van der Waals surface area contributed by atoms with Crippen molar-refractivity contribution in [2.45, 2.75) is 20.4 Å². The van der Waals surface area contributed by atoms with Gasteiger partial charge in [-0.2, -0.15) is 0 Å². The number of rotatable bonds is 4. The number of aromatic nitrogens is 2. The monoisotopic (exact) mass is 246 g/mol. The SMILES string of the molecule is CC(=O)Nc1ccccc1CNc1nnc(C)o1. The van der Waals surface area contributed by atoms with Gasteiger partial charge < -0.3 is 15.1 Å². The molecule has 1 aromatic carbocycles. The summed E-state index contributed by atoms with van der Waals surface area (Å²) in [6.45, 7) is 3.70. The molecule has 0 aliphatic heterocycles. The minimum absolute atomic E-state index is 0.101. The van der Waals surface area contributed by atoms with E-state index in [1.807, 2.05) is 24.3 Å². The lowest BCUT2D eigenvalue weighted by Gasteiger charge is -2.09. The molecule has 0 aliphatic carbocycles. The fourth-order valence-electron chi connectivity index (χ4n) is 1.52. The molecular formula is C12H14N4O2. The van der Waals surface area contributed by atoms with Crippen LogP contribution in [0.4, 0.5) is 11.7 Å². The first-order chi connectivity index (χ1) is 8.65. The molecule has 1 heterocycles. The van der Waals surface area contributed by atoms with Crippen LogP contribution in [0.2, 0.25) is 0 Å². The van der Waals surface area contributed by atoms with E-state index in [1.165, 1.54) is 6.92 Å². The first-order valence-corrected chi connectivity index (χ1v) is 5.54. The molecule has 0 radical (unpaired) electrons. The molecule has 0 spiro atoms. The van der Waals surface area contributed by atoms with Crippen molar-refractivity contribution in [1.82, 2.24) is 10.2 Å². The Labute approximate surface area is 104 Å². The molecular weight excluding hydrogens is 232 g/mol. The summed E-state index contributed by atoms with van der Waals surface area (Å²) in [5, 5.41) is 13.3. The molecule has 1 aromatic heterocycles. The molecule has 0 aliphatic rings. The number of carbonyl (C=O) groups excluding carboxylic acids is 1. The van der Waals surface area contributed by atoms with Crippen LogP contribution in [0.5, 0.6) is 0 Å². The molecule has 0 unspecified atom stereocenters. The first-order valence-electron chi connectivity index (χ1n) is 5.54. The Morgan fingerprint density at radius 3 is 2.78 bits per heavy atom. The van der Waals surface area contributed by atoms with Crippen molar-refractivity contribution in [3.63, 3.8) is 0 Å². The maximum absolute atomic E-state index is 11.1. The van der Waals surface area contributed by atoms with Crippen LogP contribution in [-0.4, -0.2) is 16.1 Å². The molecule has 2 rings (SSSR count). The number of benzene rings is 1. The summed E-state index contributed by atoms with van der Waals surface area (Å²) < 4.78 is 5.21. The highest BCUT2D eigenvalue weighted by molar-refractivity contribution is 5.89. The predicted molar refractivity (Wildman–Crippen MR) is 67.1 cm³/mol. The minimum atomic E-state index is -0.101. The Morgan fingerprint density at radius 1 is 1.33 bits per heavy atom. The van der Waals surface area contributed by atoms with Crippen molar-refractivity contribution in [1.29, 1.82) is 0 Å². The highest BCUT2D eigenvalue weighted by Gasteiger charge is 2.05. The second-order valence-corrected chi connectivity index (χ2v) is 3.82. The Balaban J connectivity index is 2.06. The van der Waals surface area contributed by atoms with Crippen LogP contribution in [-0.2, 0) is 11.3 Å². The van der Waals surface area contributed by atoms with E-state index in [0.29, 0.717) is 18.5 Å². The van der Waals surface area contributed by atoms with Gasteiger partial charge in [0.2, 0.25) is 11.8 Å². The van der Waals surface area contributed by atoms with Crippen LogP contribution in [0.15, 0.2) is 28.7 Å². The van der Waals surface area contributed by atoms with Crippen molar-refractivity contribution in [3.8, 4) is 0 Å². The van der Waals surface area contributed by atoms with Gasteiger partial charge in [-0.1, -0.05) is 23.3 Å². The maximum atomic E-state index is 11.1. The van der Waals surface area contributed by atoms with E-state index >= 15 is 0 Å². The van der Waals surface area contributed by atoms with E-state index in [9.17, 15) is 4.79 Å². The maximum Gasteiger partial charge on any atom is 0.315 e. The fraction of sp³-hybridized carbons (Fsp3) is 0.250. The first kappa shape index (κ1) is 12.1. The lowest BCUT2D eigenvalue weighted by molar-refractivity contribution is -0.114. The van der Waals surface area contributed by atoms with Gasteiger partial charge in [0.1, 0.15) is 0 Å². The van der Waals surface area contributed by atoms with Crippen LogP contribution < -0.4 is 10.6 Å². The van der Waals surface area contributed by atoms with Crippen LogP contribution >= 0.6 is 0 Å². The average Bonchev–Trinajstić information content (AvgIpc) is 2.73. The van der Waals surface area contributed by atoms with Crippen molar-refractivity contribution < 1.29 is 9.21 Å². The molecule has 94 valence electrons. The van der Waals surface area contributed by atoms with Gasteiger partial charge in [-0.15, -0.1) is 5.10 Å². The largest absolute Gasteiger partial charge is 0.408 e. The third-order valence-corrected chi connectivity index (χ3v) is 2.28. The van der Waals surface area contributed by atoms with Crippen LogP contribution in [0, 0.1) is 6.92 Å². The average molecular weight is 246 g/mol. The molecule has 1 amide bonds. The van der Waals surface area contributed by atoms with Crippen molar-refractivity contribution in [2.75, 3.05) is 10.6 Å². The van der Waals surface area contributed by atoms with Gasteiger partial charge in [0.05, 0.1) is 0 Å². The zero-order chi connectivity index (χ0) is 13.0. The van der Waals surface area contributed by atoms with Crippen LogP contribution in [0.25, 0.3) is 0 Å². The van der Waals surface area contributed by atoms with E-state index in [-0.39, 0.29) is 5.91 Å². The van der Waals surface area contributed by atoms with Gasteiger partial charge in [0.15, 0.2) is 0 Å². The molecule has 0 bridgehead atoms. The number of nitrogens with zero attached hydrogens (tertiary/aromatic N) is 2. The highest BCUT2D eigenvalue weighted by Crippen LogP contribution is 2.16. The van der Waals surface area contributed by atoms with Crippen LogP contribution in [0.1, 0.15) is 18.4 Å². The number of hydrogen-bond acceptors (Lipinski definition) is 5. The number of hydrogen-bond donors (Lipinski definition) is 2. The number of nitrogens with one attached hydrogen (secondary N) is 2. The van der Waals surface area contributed by atoms with Gasteiger partial charge in [-0.05, 0) is 11.6 Å². The van der Waals surface area contributed by atoms with E-state index in [2.05, 4.69) is 20.8 Å². The normalized spacial score (nSPS) is 10.1. The molecule has 0 saturated heterocycles. The van der Waals surface area contributed by atoms with Gasteiger partial charge in [-0.3, -0.25) is 4.79 Å². The molecule has 6 nitrogen and oxygen atoms in total. The Morgan fingerprint density at radius 2 is 2.11 bits per heavy atom. The van der Waals surface area contributed by atoms with E-state index in [4.69, 9.17) is 4.42 Å². The number of carbonyl (C=O) groups is 1. The van der Waals surface area contributed by atoms with Gasteiger partial charge in [0.25, 0.3) is 0 Å². The summed E-state index contributed by atoms with van der Waals surface area (Å²) in [5.74, 6) is 0.406. The Hall–Kier alpha value is -2.37. The number of para-hydroxylation sites is 1. The molecule has 0 saturated carbocycles. The second kappa shape index (κ2) is 5.31. The smallest absolute Gasteiger partial charge is 0.315 e. The molecule has 0 atom stereocenters. The second-order valence-electron chi connectivity index (χ2n) is 3.82. The third kappa shape index (κ3) is 3.07. The highest BCUT2D eigenvalue weighted by atomic mass is 16.4. The molecule has 0 fully saturated rings. The summed E-state index contributed by atoms with van der Waals surface area (Å²) in [4.78, 5) is 11.1. The lowest BCUT2D eigenvalue weighted by Crippen LogP contribution is -2.10. The number of amides is 1. The van der Waals surface area contributed by atoms with E-state index in [0.717, 1.165) is 11.3 Å². The Bertz CT molecular complexity index is 551. The fourth-order valence-corrected chi connectivity index (χ4v) is 1.52. The van der Waals surface area contributed by atoms with E-state index in [1.54, 1.807) is 6.92 Å². The van der Waals surface area contributed by atoms with E-state index < -0.39 is 0 Å². The van der Waals surface area contributed by atoms with Gasteiger partial charge in [-0.25, -0.2) is 0 Å². The predicted octanol–water partition coefficient (Wildman–Crippen LogP) is 1.95. The molecule has 6 heteroatoms. The standard InChI is InChI=1S/C12H14N4O2/c1-8(17)14-11-6-4-3-5-10(11)7-13-12-16-15-9(2)18-12/h3-6H,7H2,1-2H3,(H,13,16)(H,14,17). The molecule has 2 N–H and O–H groups in total. The summed E-state index contributed by atoms with van der Waals surface area (Å²) in [6, 6.07) is 7.90. The summed E-state index contributed by atoms with van der Waals surface area (Å²) >= 11 is 0. The van der Waals surface area contributed by atoms with Gasteiger partial charge in [0, 0.05) is 26.1 Å². The quantitative estimate of drug-likeness (QED) is 0.861. The minimum Gasteiger partial charge on any atom is -0.408 e. The third-order valence-electron chi connectivity index (χ3n) is 2.28. The zero-order valence-electron chi connectivity index (χ0n) is 10.2. The molecule has 18 heavy (non-hydrogen) atoms. The topological polar surface area (TPSA) is 80.0 Å². The zero-order valence-corrected chi connectivity index (χ0v) is 10.2. The summed E-state index contributed by atoms with van der Waals surface area (Å²) in [7, 11) is 0. The van der Waals surface area contributed by atoms with Crippen molar-refractivity contribution >= 4 is 17.6 Å². The summed E-state index contributed by atoms with van der Waals surface area (Å²) in [5.41, 5.74) is 1.72.